The van der Waals surface area contributed by atoms with Gasteiger partial charge in [-0.25, -0.2) is 9.78 Å². The second-order valence-electron chi connectivity index (χ2n) is 8.20. The lowest BCUT2D eigenvalue weighted by Gasteiger charge is -2.22. The first kappa shape index (κ1) is 25.2. The van der Waals surface area contributed by atoms with E-state index in [-0.39, 0.29) is 17.0 Å². The number of methoxy groups -OCH3 is 2. The predicted molar refractivity (Wildman–Crippen MR) is 126 cm³/mol. The molecule has 7 nitrogen and oxygen atoms in total. The maximum Gasteiger partial charge on any atom is 0.416 e. The summed E-state index contributed by atoms with van der Waals surface area (Å²) in [6, 6.07) is 9.86. The molecule has 2 heterocycles. The summed E-state index contributed by atoms with van der Waals surface area (Å²) in [5, 5.41) is 13.2. The first-order valence-corrected chi connectivity index (χ1v) is 11.0. The van der Waals surface area contributed by atoms with E-state index in [2.05, 4.69) is 10.1 Å². The van der Waals surface area contributed by atoms with Crippen molar-refractivity contribution in [2.45, 2.75) is 25.6 Å². The number of aromatic nitrogens is 1. The molecule has 0 saturated heterocycles. The minimum Gasteiger partial charge on any atom is -0.481 e. The van der Waals surface area contributed by atoms with Gasteiger partial charge in [-0.2, -0.15) is 13.2 Å². The van der Waals surface area contributed by atoms with Crippen LogP contribution >= 0.6 is 0 Å². The van der Waals surface area contributed by atoms with Gasteiger partial charge in [0.1, 0.15) is 12.7 Å². The number of hydrogen-bond donors (Lipinski definition) is 1. The van der Waals surface area contributed by atoms with Crippen LogP contribution in [-0.2, 0) is 15.8 Å². The summed E-state index contributed by atoms with van der Waals surface area (Å²) in [7, 11) is 2.82. The van der Waals surface area contributed by atoms with Gasteiger partial charge in [0.15, 0.2) is 0 Å². The molecule has 0 saturated carbocycles. The molecule has 0 aliphatic carbocycles. The largest absolute Gasteiger partial charge is 0.481 e. The summed E-state index contributed by atoms with van der Waals surface area (Å²) >= 11 is 0. The zero-order valence-electron chi connectivity index (χ0n) is 19.7. The van der Waals surface area contributed by atoms with Crippen LogP contribution < -0.4 is 4.74 Å². The zero-order chi connectivity index (χ0) is 26.0. The van der Waals surface area contributed by atoms with Gasteiger partial charge in [0.05, 0.1) is 23.9 Å². The number of rotatable bonds is 7. The molecule has 10 heteroatoms. The van der Waals surface area contributed by atoms with Crippen molar-refractivity contribution in [1.29, 1.82) is 0 Å². The lowest BCUT2D eigenvalue weighted by Crippen LogP contribution is -2.16. The van der Waals surface area contributed by atoms with E-state index in [1.807, 2.05) is 0 Å². The number of carboxylic acids is 1. The van der Waals surface area contributed by atoms with Gasteiger partial charge >= 0.3 is 12.1 Å². The predicted octanol–water partition coefficient (Wildman–Crippen LogP) is 5.91. The van der Waals surface area contributed by atoms with Crippen LogP contribution in [0, 0.1) is 6.92 Å². The summed E-state index contributed by atoms with van der Waals surface area (Å²) in [5.41, 5.74) is 2.97. The highest BCUT2D eigenvalue weighted by Gasteiger charge is 2.34. The number of hydrogen-bond acceptors (Lipinski definition) is 6. The first-order chi connectivity index (χ1) is 17.1. The summed E-state index contributed by atoms with van der Waals surface area (Å²) in [6.45, 7) is 2.09. The summed E-state index contributed by atoms with van der Waals surface area (Å²) in [4.78, 5) is 20.8. The molecule has 0 bridgehead atoms. The summed E-state index contributed by atoms with van der Waals surface area (Å²) in [6.07, 6.45) is -3.46. The standard InChI is InChI=1S/C26H23F3N2O5/c1-14-10-15(25(32)33)4-6-18(14)16-11-21(24(35-3)30-13-16)19-7-5-17(26(27,28)29)12-20(19)23(34-2)22-8-9-36-31-22/h4-7,10-13,23H,8-9H2,1-3H3,(H,32,33)/t23-/m1/s1. The number of benzene rings is 2. The molecule has 3 aromatic rings. The highest BCUT2D eigenvalue weighted by Crippen LogP contribution is 2.41. The number of alkyl halides is 3. The van der Waals surface area contributed by atoms with Crippen LogP contribution in [0.4, 0.5) is 13.2 Å². The van der Waals surface area contributed by atoms with E-state index in [1.54, 1.807) is 31.3 Å². The monoisotopic (exact) mass is 500 g/mol. The van der Waals surface area contributed by atoms with Crippen LogP contribution in [0.2, 0.25) is 0 Å². The van der Waals surface area contributed by atoms with E-state index in [0.717, 1.165) is 17.7 Å². The number of pyridine rings is 1. The van der Waals surface area contributed by atoms with Gasteiger partial charge < -0.3 is 19.4 Å². The smallest absolute Gasteiger partial charge is 0.416 e. The number of oxime groups is 1. The molecule has 188 valence electrons. The second-order valence-corrected chi connectivity index (χ2v) is 8.20. The summed E-state index contributed by atoms with van der Waals surface area (Å²) in [5.74, 6) is -0.837. The van der Waals surface area contributed by atoms with E-state index >= 15 is 0 Å². The number of ether oxygens (including phenoxy) is 2. The third-order valence-electron chi connectivity index (χ3n) is 5.95. The minimum absolute atomic E-state index is 0.144. The van der Waals surface area contributed by atoms with Crippen LogP contribution in [0.1, 0.15) is 39.6 Å². The van der Waals surface area contributed by atoms with Gasteiger partial charge in [-0.3, -0.25) is 0 Å². The number of nitrogens with zero attached hydrogens (tertiary/aromatic N) is 2. The molecule has 1 N–H and O–H groups in total. The number of aryl methyl sites for hydroxylation is 1. The molecule has 0 fully saturated rings. The van der Waals surface area contributed by atoms with E-state index in [0.29, 0.717) is 41.0 Å². The maximum absolute atomic E-state index is 13.6. The molecule has 36 heavy (non-hydrogen) atoms. The quantitative estimate of drug-likeness (QED) is 0.434. The molecular weight excluding hydrogens is 477 g/mol. The van der Waals surface area contributed by atoms with Gasteiger partial charge in [0.2, 0.25) is 5.88 Å². The molecule has 2 aromatic carbocycles. The van der Waals surface area contributed by atoms with E-state index in [4.69, 9.17) is 14.3 Å². The minimum atomic E-state index is -4.56. The molecule has 0 radical (unpaired) electrons. The molecular formula is C26H23F3N2O5. The van der Waals surface area contributed by atoms with E-state index < -0.39 is 23.8 Å². The second kappa shape index (κ2) is 9.98. The zero-order valence-corrected chi connectivity index (χ0v) is 19.7. The van der Waals surface area contributed by atoms with Crippen LogP contribution in [0.15, 0.2) is 53.8 Å². The van der Waals surface area contributed by atoms with Gasteiger partial charge in [-0.15, -0.1) is 0 Å². The van der Waals surface area contributed by atoms with Crippen LogP contribution in [0.25, 0.3) is 22.3 Å². The third kappa shape index (κ3) is 4.90. The Balaban J connectivity index is 1.92. The normalized spacial score (nSPS) is 14.2. The molecule has 1 aliphatic rings. The first-order valence-electron chi connectivity index (χ1n) is 11.0. The number of carboxylic acid groups (broad SMARTS) is 1. The highest BCUT2D eigenvalue weighted by atomic mass is 19.4. The van der Waals surface area contributed by atoms with Crippen molar-refractivity contribution in [1.82, 2.24) is 4.98 Å². The molecule has 1 aliphatic heterocycles. The lowest BCUT2D eigenvalue weighted by molar-refractivity contribution is -0.137. The number of aromatic carboxylic acids is 1. The van der Waals surface area contributed by atoms with E-state index in [9.17, 15) is 23.1 Å². The Kier molecular flexibility index (Phi) is 6.98. The molecule has 0 unspecified atom stereocenters. The molecule has 1 aromatic heterocycles. The van der Waals surface area contributed by atoms with Gasteiger partial charge in [-0.1, -0.05) is 17.3 Å². The fraction of sp³-hybridized carbons (Fsp3) is 0.269. The Morgan fingerprint density at radius 3 is 2.42 bits per heavy atom. The Labute approximate surface area is 205 Å². The molecule has 1 atom stereocenters. The Morgan fingerprint density at radius 1 is 1.08 bits per heavy atom. The number of carbonyl (C=O) groups is 1. The fourth-order valence-corrected chi connectivity index (χ4v) is 4.22. The van der Waals surface area contributed by atoms with Crippen molar-refractivity contribution >= 4 is 11.7 Å². The van der Waals surface area contributed by atoms with Crippen molar-refractivity contribution in [2.24, 2.45) is 5.16 Å². The topological polar surface area (TPSA) is 90.2 Å². The van der Waals surface area contributed by atoms with Crippen LogP contribution in [-0.4, -0.2) is 42.6 Å². The molecule has 0 spiro atoms. The lowest BCUT2D eigenvalue weighted by atomic mass is 9.90. The Morgan fingerprint density at radius 2 is 1.83 bits per heavy atom. The van der Waals surface area contributed by atoms with Gasteiger partial charge in [0, 0.05) is 30.9 Å². The Hall–Kier alpha value is -3.92. The fourth-order valence-electron chi connectivity index (χ4n) is 4.22. The Bertz CT molecular complexity index is 1340. The van der Waals surface area contributed by atoms with Gasteiger partial charge in [0.25, 0.3) is 0 Å². The average Bonchev–Trinajstić information content (AvgIpc) is 3.38. The van der Waals surface area contributed by atoms with Crippen molar-refractivity contribution in [3.63, 3.8) is 0 Å². The van der Waals surface area contributed by atoms with Crippen molar-refractivity contribution in [3.8, 4) is 28.1 Å². The molecule has 0 amide bonds. The van der Waals surface area contributed by atoms with Crippen LogP contribution in [0.5, 0.6) is 5.88 Å². The van der Waals surface area contributed by atoms with Crippen LogP contribution in [0.3, 0.4) is 0 Å². The van der Waals surface area contributed by atoms with Crippen molar-refractivity contribution < 1.29 is 37.4 Å². The average molecular weight is 500 g/mol. The summed E-state index contributed by atoms with van der Waals surface area (Å²) < 4.78 is 52.0. The number of halogens is 3. The maximum atomic E-state index is 13.6. The highest BCUT2D eigenvalue weighted by molar-refractivity contribution is 5.93. The van der Waals surface area contributed by atoms with E-state index in [1.165, 1.54) is 26.4 Å². The van der Waals surface area contributed by atoms with Gasteiger partial charge in [-0.05, 0) is 59.5 Å². The van der Waals surface area contributed by atoms with Crippen molar-refractivity contribution in [2.75, 3.05) is 20.8 Å². The third-order valence-corrected chi connectivity index (χ3v) is 5.95. The SMILES string of the molecule is COc1ncc(-c2ccc(C(=O)O)cc2C)cc1-c1ccc(C(F)(F)F)cc1[C@@H](OC)C1=NOCC1. The van der Waals surface area contributed by atoms with Crippen molar-refractivity contribution in [3.05, 3.63) is 70.9 Å². The molecule has 4 rings (SSSR count).